The van der Waals surface area contributed by atoms with Crippen molar-refractivity contribution < 1.29 is 9.59 Å². The number of hydrogen-bond acceptors (Lipinski definition) is 5. The van der Waals surface area contributed by atoms with E-state index in [4.69, 9.17) is 5.26 Å². The van der Waals surface area contributed by atoms with Crippen molar-refractivity contribution in [3.63, 3.8) is 0 Å². The van der Waals surface area contributed by atoms with E-state index in [1.165, 1.54) is 11.3 Å². The lowest BCUT2D eigenvalue weighted by Gasteiger charge is -2.31. The van der Waals surface area contributed by atoms with Crippen molar-refractivity contribution in [1.29, 1.82) is 5.26 Å². The van der Waals surface area contributed by atoms with Crippen molar-refractivity contribution in [2.45, 2.75) is 18.9 Å². The normalized spacial score (nSPS) is 14.9. The molecular formula is C19H21N5O2S. The molecule has 0 bridgehead atoms. The van der Waals surface area contributed by atoms with Crippen LogP contribution in [0.4, 0.5) is 15.5 Å². The van der Waals surface area contributed by atoms with E-state index < -0.39 is 0 Å². The molecule has 0 unspecified atom stereocenters. The minimum Gasteiger partial charge on any atom is -0.335 e. The Labute approximate surface area is 162 Å². The minimum absolute atomic E-state index is 0.0931. The molecule has 3 N–H and O–H groups in total. The predicted molar refractivity (Wildman–Crippen MR) is 106 cm³/mol. The first-order valence-corrected chi connectivity index (χ1v) is 9.64. The molecule has 140 valence electrons. The number of piperidine rings is 1. The van der Waals surface area contributed by atoms with Crippen LogP contribution in [0.5, 0.6) is 0 Å². The summed E-state index contributed by atoms with van der Waals surface area (Å²) in [6, 6.07) is 13.0. The lowest BCUT2D eigenvalue weighted by molar-refractivity contribution is -0.117. The summed E-state index contributed by atoms with van der Waals surface area (Å²) in [6.07, 6.45) is 1.58. The fourth-order valence-electron chi connectivity index (χ4n) is 2.97. The van der Waals surface area contributed by atoms with Gasteiger partial charge in [-0.1, -0.05) is 18.2 Å². The number of benzene rings is 1. The Balaban J connectivity index is 1.39. The van der Waals surface area contributed by atoms with Gasteiger partial charge in [-0.15, -0.1) is 11.3 Å². The molecule has 0 radical (unpaired) electrons. The van der Waals surface area contributed by atoms with Crippen LogP contribution in [0.25, 0.3) is 0 Å². The van der Waals surface area contributed by atoms with Crippen molar-refractivity contribution in [1.82, 2.24) is 10.2 Å². The summed E-state index contributed by atoms with van der Waals surface area (Å²) in [7, 11) is 0. The zero-order chi connectivity index (χ0) is 19.1. The Hall–Kier alpha value is -2.89. The molecule has 1 saturated heterocycles. The van der Waals surface area contributed by atoms with Gasteiger partial charge in [0.2, 0.25) is 5.91 Å². The van der Waals surface area contributed by atoms with Crippen LogP contribution in [-0.4, -0.2) is 42.5 Å². The largest absolute Gasteiger partial charge is 0.335 e. The lowest BCUT2D eigenvalue weighted by atomic mass is 10.1. The van der Waals surface area contributed by atoms with Gasteiger partial charge in [0.05, 0.1) is 12.1 Å². The van der Waals surface area contributed by atoms with Crippen LogP contribution in [-0.2, 0) is 4.79 Å². The Morgan fingerprint density at radius 2 is 1.89 bits per heavy atom. The van der Waals surface area contributed by atoms with Gasteiger partial charge >= 0.3 is 6.03 Å². The molecule has 2 aromatic rings. The summed E-state index contributed by atoms with van der Waals surface area (Å²) in [6.45, 7) is 1.75. The summed E-state index contributed by atoms with van der Waals surface area (Å²) >= 11 is 1.34. The fourth-order valence-corrected chi connectivity index (χ4v) is 3.73. The van der Waals surface area contributed by atoms with Gasteiger partial charge < -0.3 is 16.0 Å². The van der Waals surface area contributed by atoms with E-state index in [1.54, 1.807) is 11.4 Å². The maximum atomic E-state index is 12.2. The lowest BCUT2D eigenvalue weighted by Crippen LogP contribution is -2.47. The molecule has 8 heteroatoms. The average molecular weight is 383 g/mol. The van der Waals surface area contributed by atoms with Gasteiger partial charge in [-0.25, -0.2) is 4.79 Å². The summed E-state index contributed by atoms with van der Waals surface area (Å²) in [5.41, 5.74) is 1.25. The second kappa shape index (κ2) is 9.16. The van der Waals surface area contributed by atoms with Crippen LogP contribution >= 0.6 is 11.3 Å². The first-order chi connectivity index (χ1) is 13.1. The molecule has 0 saturated carbocycles. The summed E-state index contributed by atoms with van der Waals surface area (Å²) in [5.74, 6) is -0.123. The van der Waals surface area contributed by atoms with Crippen molar-refractivity contribution >= 4 is 34.0 Å². The first kappa shape index (κ1) is 18.9. The zero-order valence-electron chi connectivity index (χ0n) is 14.8. The van der Waals surface area contributed by atoms with Crippen molar-refractivity contribution in [2.75, 3.05) is 30.3 Å². The van der Waals surface area contributed by atoms with E-state index in [-0.39, 0.29) is 24.5 Å². The number of nitrogens with one attached hydrogen (secondary N) is 3. The topological polar surface area (TPSA) is 97.3 Å². The van der Waals surface area contributed by atoms with Crippen molar-refractivity contribution in [2.24, 2.45) is 0 Å². The number of rotatable bonds is 5. The van der Waals surface area contributed by atoms with Crippen LogP contribution in [0.15, 0.2) is 41.8 Å². The van der Waals surface area contributed by atoms with Gasteiger partial charge in [0.1, 0.15) is 11.1 Å². The Kier molecular flexibility index (Phi) is 6.41. The molecule has 1 fully saturated rings. The molecule has 2 heterocycles. The molecule has 0 spiro atoms. The molecule has 0 atom stereocenters. The third kappa shape index (κ3) is 5.54. The van der Waals surface area contributed by atoms with Crippen LogP contribution in [0.1, 0.15) is 18.4 Å². The van der Waals surface area contributed by atoms with Gasteiger partial charge in [-0.05, 0) is 36.4 Å². The fraction of sp³-hybridized carbons (Fsp3) is 0.316. The van der Waals surface area contributed by atoms with Gasteiger partial charge in [0, 0.05) is 24.8 Å². The third-order valence-corrected chi connectivity index (χ3v) is 5.19. The van der Waals surface area contributed by atoms with E-state index in [1.807, 2.05) is 30.3 Å². The SMILES string of the molecule is N#Cc1ccsc1NC(=O)CN1CCC(NC(=O)Nc2ccccc2)CC1. The van der Waals surface area contributed by atoms with Gasteiger partial charge in [0.15, 0.2) is 0 Å². The number of likely N-dealkylation sites (tertiary alicyclic amines) is 1. The van der Waals surface area contributed by atoms with Crippen molar-refractivity contribution in [3.8, 4) is 6.07 Å². The molecule has 1 aliphatic heterocycles. The number of urea groups is 1. The Morgan fingerprint density at radius 3 is 2.59 bits per heavy atom. The van der Waals surface area contributed by atoms with E-state index >= 15 is 0 Å². The maximum Gasteiger partial charge on any atom is 0.319 e. The molecule has 27 heavy (non-hydrogen) atoms. The number of carbonyl (C=O) groups is 2. The highest BCUT2D eigenvalue weighted by Gasteiger charge is 2.22. The van der Waals surface area contributed by atoms with Crippen LogP contribution in [0.2, 0.25) is 0 Å². The van der Waals surface area contributed by atoms with Gasteiger partial charge in [-0.2, -0.15) is 5.26 Å². The molecule has 3 amide bonds. The van der Waals surface area contributed by atoms with Crippen LogP contribution in [0.3, 0.4) is 0 Å². The highest BCUT2D eigenvalue weighted by atomic mass is 32.1. The molecule has 1 aromatic carbocycles. The standard InChI is InChI=1S/C19H21N5O2S/c20-12-14-8-11-27-18(14)23-17(25)13-24-9-6-16(7-10-24)22-19(26)21-15-4-2-1-3-5-15/h1-5,8,11,16H,6-7,9-10,13H2,(H,23,25)(H2,21,22,26). The maximum absolute atomic E-state index is 12.2. The number of anilines is 2. The molecule has 0 aliphatic carbocycles. The highest BCUT2D eigenvalue weighted by molar-refractivity contribution is 7.14. The molecular weight excluding hydrogens is 362 g/mol. The van der Waals surface area contributed by atoms with E-state index in [2.05, 4.69) is 26.9 Å². The smallest absolute Gasteiger partial charge is 0.319 e. The van der Waals surface area contributed by atoms with E-state index in [0.29, 0.717) is 10.6 Å². The summed E-state index contributed by atoms with van der Waals surface area (Å²) < 4.78 is 0. The van der Waals surface area contributed by atoms with Gasteiger partial charge in [0.25, 0.3) is 0 Å². The van der Waals surface area contributed by atoms with Gasteiger partial charge in [-0.3, -0.25) is 9.69 Å². The zero-order valence-corrected chi connectivity index (χ0v) is 15.6. The number of thiophene rings is 1. The third-order valence-electron chi connectivity index (χ3n) is 4.36. The number of para-hydroxylation sites is 1. The summed E-state index contributed by atoms with van der Waals surface area (Å²) in [4.78, 5) is 26.3. The number of nitrogens with zero attached hydrogens (tertiary/aromatic N) is 2. The molecule has 7 nitrogen and oxygen atoms in total. The molecule has 1 aromatic heterocycles. The summed E-state index contributed by atoms with van der Waals surface area (Å²) in [5, 5.41) is 20.0. The minimum atomic E-state index is -0.209. The van der Waals surface area contributed by atoms with E-state index in [9.17, 15) is 9.59 Å². The highest BCUT2D eigenvalue weighted by Crippen LogP contribution is 2.22. The van der Waals surface area contributed by atoms with Crippen LogP contribution in [0, 0.1) is 11.3 Å². The second-order valence-corrected chi connectivity index (χ2v) is 7.25. The number of carbonyl (C=O) groups excluding carboxylic acids is 2. The number of amides is 3. The Bertz CT molecular complexity index is 822. The van der Waals surface area contributed by atoms with Crippen molar-refractivity contribution in [3.05, 3.63) is 47.3 Å². The average Bonchev–Trinajstić information content (AvgIpc) is 3.11. The first-order valence-electron chi connectivity index (χ1n) is 8.76. The Morgan fingerprint density at radius 1 is 1.15 bits per heavy atom. The van der Waals surface area contributed by atoms with Crippen LogP contribution < -0.4 is 16.0 Å². The predicted octanol–water partition coefficient (Wildman–Crippen LogP) is 2.84. The van der Waals surface area contributed by atoms with E-state index in [0.717, 1.165) is 31.6 Å². The number of hydrogen-bond donors (Lipinski definition) is 3. The quantitative estimate of drug-likeness (QED) is 0.739. The molecule has 3 rings (SSSR count). The molecule has 1 aliphatic rings. The second-order valence-electron chi connectivity index (χ2n) is 6.34. The number of nitriles is 1. The monoisotopic (exact) mass is 383 g/mol.